The Bertz CT molecular complexity index is 159. The van der Waals surface area contributed by atoms with Gasteiger partial charge in [-0.2, -0.15) is 0 Å². The molecule has 2 heteroatoms. The van der Waals surface area contributed by atoms with Crippen LogP contribution in [0.2, 0.25) is 0 Å². The molecule has 2 N–H and O–H groups in total. The molecule has 0 aromatic rings. The largest absolute Gasteiger partial charge is 0.508 e. The van der Waals surface area contributed by atoms with E-state index in [2.05, 4.69) is 18.5 Å². The van der Waals surface area contributed by atoms with Crippen molar-refractivity contribution in [3.8, 4) is 0 Å². The minimum absolute atomic E-state index is 0.131. The molecule has 0 saturated heterocycles. The molecule has 0 fully saturated rings. The molecule has 0 bridgehead atoms. The minimum Gasteiger partial charge on any atom is -0.508 e. The van der Waals surface area contributed by atoms with Crippen LogP contribution in [-0.4, -0.2) is 11.7 Å². The molecular formula is C8H13NO. The number of aliphatic hydroxyl groups excluding tert-OH is 1. The predicted octanol–water partition coefficient (Wildman–Crippen LogP) is 1.74. The van der Waals surface area contributed by atoms with E-state index in [-0.39, 0.29) is 5.76 Å². The molecule has 2 nitrogen and oxygen atoms in total. The smallest absolute Gasteiger partial charge is 0.117 e. The van der Waals surface area contributed by atoms with E-state index in [1.54, 1.807) is 0 Å². The maximum absolute atomic E-state index is 8.90. The first-order valence-electron chi connectivity index (χ1n) is 3.16. The summed E-state index contributed by atoms with van der Waals surface area (Å²) >= 11 is 0. The van der Waals surface area contributed by atoms with Gasteiger partial charge in [-0.05, 0) is 13.0 Å². The summed E-state index contributed by atoms with van der Waals surface area (Å²) in [4.78, 5) is 0. The molecule has 0 saturated carbocycles. The van der Waals surface area contributed by atoms with Gasteiger partial charge in [0.05, 0.1) is 0 Å². The van der Waals surface area contributed by atoms with E-state index in [1.165, 1.54) is 12.2 Å². The first-order chi connectivity index (χ1) is 4.70. The average Bonchev–Trinajstić information content (AvgIpc) is 1.88. The zero-order valence-electron chi connectivity index (χ0n) is 6.22. The van der Waals surface area contributed by atoms with Crippen LogP contribution in [-0.2, 0) is 0 Å². The fourth-order valence-electron chi connectivity index (χ4n) is 0.516. The molecule has 0 unspecified atom stereocenters. The molecule has 0 atom stereocenters. The Morgan fingerprint density at radius 3 is 2.70 bits per heavy atom. The van der Waals surface area contributed by atoms with E-state index in [9.17, 15) is 0 Å². The summed E-state index contributed by atoms with van der Waals surface area (Å²) in [5, 5.41) is 11.8. The lowest BCUT2D eigenvalue weighted by Gasteiger charge is -2.00. The number of allylic oxidation sites excluding steroid dienone is 2. The molecule has 10 heavy (non-hydrogen) atoms. The fourth-order valence-corrected chi connectivity index (χ4v) is 0.516. The van der Waals surface area contributed by atoms with Gasteiger partial charge in [0, 0.05) is 18.3 Å². The number of hydrogen-bond acceptors (Lipinski definition) is 2. The van der Waals surface area contributed by atoms with Crippen molar-refractivity contribution in [2.24, 2.45) is 0 Å². The first-order valence-corrected chi connectivity index (χ1v) is 3.16. The lowest BCUT2D eigenvalue weighted by atomic mass is 10.3. The van der Waals surface area contributed by atoms with Crippen LogP contribution in [0.25, 0.3) is 0 Å². The Balaban J connectivity index is 3.86. The molecule has 0 aliphatic rings. The van der Waals surface area contributed by atoms with Gasteiger partial charge < -0.3 is 10.4 Å². The van der Waals surface area contributed by atoms with Gasteiger partial charge in [0.15, 0.2) is 0 Å². The zero-order valence-corrected chi connectivity index (χ0v) is 6.22. The summed E-state index contributed by atoms with van der Waals surface area (Å²) in [5.41, 5.74) is 0.694. The van der Waals surface area contributed by atoms with Gasteiger partial charge in [-0.3, -0.25) is 0 Å². The topological polar surface area (TPSA) is 32.3 Å². The molecule has 0 aromatic carbocycles. The van der Waals surface area contributed by atoms with Gasteiger partial charge in [-0.25, -0.2) is 0 Å². The van der Waals surface area contributed by atoms with Crippen molar-refractivity contribution in [2.45, 2.75) is 6.92 Å². The fraction of sp³-hybridized carbons (Fsp3) is 0.250. The second-order valence-corrected chi connectivity index (χ2v) is 1.83. The highest BCUT2D eigenvalue weighted by Gasteiger charge is 1.86. The average molecular weight is 139 g/mol. The van der Waals surface area contributed by atoms with E-state index in [1.807, 2.05) is 6.92 Å². The Hall–Kier alpha value is -1.18. The molecular weight excluding hydrogens is 126 g/mol. The maximum atomic E-state index is 8.90. The third-order valence-electron chi connectivity index (χ3n) is 0.935. The second-order valence-electron chi connectivity index (χ2n) is 1.83. The molecule has 0 aliphatic heterocycles. The number of aliphatic hydroxyl groups is 1. The van der Waals surface area contributed by atoms with Crippen LogP contribution in [0.5, 0.6) is 0 Å². The van der Waals surface area contributed by atoms with Crippen molar-refractivity contribution < 1.29 is 5.11 Å². The van der Waals surface area contributed by atoms with Crippen molar-refractivity contribution in [2.75, 3.05) is 6.54 Å². The van der Waals surface area contributed by atoms with Crippen LogP contribution >= 0.6 is 0 Å². The monoisotopic (exact) mass is 139 g/mol. The third kappa shape index (κ3) is 3.78. The summed E-state index contributed by atoms with van der Waals surface area (Å²) in [7, 11) is 0. The highest BCUT2D eigenvalue weighted by Crippen LogP contribution is 1.93. The van der Waals surface area contributed by atoms with Gasteiger partial charge in [0.1, 0.15) is 5.76 Å². The summed E-state index contributed by atoms with van der Waals surface area (Å²) in [6, 6.07) is 0. The van der Waals surface area contributed by atoms with E-state index < -0.39 is 0 Å². The van der Waals surface area contributed by atoms with Crippen molar-refractivity contribution >= 4 is 0 Å². The zero-order chi connectivity index (χ0) is 7.98. The van der Waals surface area contributed by atoms with Crippen LogP contribution in [0, 0.1) is 0 Å². The quantitative estimate of drug-likeness (QED) is 0.459. The predicted molar refractivity (Wildman–Crippen MR) is 43.7 cm³/mol. The molecule has 0 aromatic heterocycles. The maximum Gasteiger partial charge on any atom is 0.117 e. The Morgan fingerprint density at radius 1 is 1.70 bits per heavy atom. The van der Waals surface area contributed by atoms with Crippen molar-refractivity contribution in [3.63, 3.8) is 0 Å². The van der Waals surface area contributed by atoms with E-state index in [0.29, 0.717) is 5.70 Å². The molecule has 0 aliphatic carbocycles. The lowest BCUT2D eigenvalue weighted by molar-refractivity contribution is 0.432. The number of likely N-dealkylation sites (N-methyl/N-ethyl adjacent to an activating group) is 1. The number of rotatable bonds is 4. The normalized spacial score (nSPS) is 10.7. The van der Waals surface area contributed by atoms with E-state index in [4.69, 9.17) is 5.11 Å². The summed E-state index contributed by atoms with van der Waals surface area (Å²) < 4.78 is 0. The summed E-state index contributed by atoms with van der Waals surface area (Å²) in [6.45, 7) is 9.79. The van der Waals surface area contributed by atoms with Gasteiger partial charge in [0.25, 0.3) is 0 Å². The molecule has 0 rings (SSSR count). The molecule has 0 amide bonds. The highest BCUT2D eigenvalue weighted by molar-refractivity contribution is 5.20. The van der Waals surface area contributed by atoms with Crippen LogP contribution in [0.4, 0.5) is 0 Å². The van der Waals surface area contributed by atoms with E-state index in [0.717, 1.165) is 6.54 Å². The molecule has 0 radical (unpaired) electrons. The SMILES string of the molecule is C=C/C(O)=C\C(=C)NCC. The highest BCUT2D eigenvalue weighted by atomic mass is 16.3. The third-order valence-corrected chi connectivity index (χ3v) is 0.935. The van der Waals surface area contributed by atoms with Crippen molar-refractivity contribution in [3.05, 3.63) is 36.8 Å². The number of nitrogens with one attached hydrogen (secondary N) is 1. The van der Waals surface area contributed by atoms with Gasteiger partial charge in [-0.15, -0.1) is 0 Å². The summed E-state index contributed by atoms with van der Waals surface area (Å²) in [6.07, 6.45) is 2.89. The Morgan fingerprint density at radius 2 is 2.30 bits per heavy atom. The van der Waals surface area contributed by atoms with Gasteiger partial charge in [-0.1, -0.05) is 13.2 Å². The number of hydrogen-bond donors (Lipinski definition) is 2. The van der Waals surface area contributed by atoms with Crippen molar-refractivity contribution in [1.82, 2.24) is 5.32 Å². The lowest BCUT2D eigenvalue weighted by Crippen LogP contribution is -2.09. The molecule has 0 spiro atoms. The standard InChI is InChI=1S/C8H13NO/c1-4-8(10)6-7(3)9-5-2/h4,6,9-10H,1,3,5H2,2H3/b8-6+. The Kier molecular flexibility index (Phi) is 4.12. The van der Waals surface area contributed by atoms with Gasteiger partial charge in [0.2, 0.25) is 0 Å². The van der Waals surface area contributed by atoms with Crippen LogP contribution in [0.1, 0.15) is 6.92 Å². The van der Waals surface area contributed by atoms with Crippen molar-refractivity contribution in [1.29, 1.82) is 0 Å². The first kappa shape index (κ1) is 8.82. The van der Waals surface area contributed by atoms with Crippen LogP contribution in [0.15, 0.2) is 36.8 Å². The van der Waals surface area contributed by atoms with Crippen LogP contribution in [0.3, 0.4) is 0 Å². The molecule has 0 heterocycles. The Labute approximate surface area is 61.6 Å². The van der Waals surface area contributed by atoms with Crippen LogP contribution < -0.4 is 5.32 Å². The van der Waals surface area contributed by atoms with Gasteiger partial charge >= 0.3 is 0 Å². The second kappa shape index (κ2) is 4.68. The summed E-state index contributed by atoms with van der Waals surface area (Å²) in [5.74, 6) is 0.131. The van der Waals surface area contributed by atoms with E-state index >= 15 is 0 Å². The molecule has 56 valence electrons. The minimum atomic E-state index is 0.131.